The second-order valence-electron chi connectivity index (χ2n) is 4.10. The standard InChI is InChI=1S/C11H12N4O4S/c1-14-6-9(17)15(11(14)19)5-8(16)12-13-10(18)7-3-2-4-20-7/h2-4H,5-6H2,1H3,(H,12,16)(H,13,18). The number of hydrogen-bond donors (Lipinski definition) is 2. The molecule has 1 fully saturated rings. The Morgan fingerprint density at radius 2 is 2.10 bits per heavy atom. The molecule has 0 bridgehead atoms. The minimum atomic E-state index is -0.646. The molecule has 8 nitrogen and oxygen atoms in total. The van der Waals surface area contributed by atoms with Gasteiger partial charge in [-0.2, -0.15) is 0 Å². The molecule has 1 aromatic rings. The number of imide groups is 1. The van der Waals surface area contributed by atoms with Gasteiger partial charge in [0.1, 0.15) is 13.1 Å². The number of likely N-dealkylation sites (N-methyl/N-ethyl adjacent to an activating group) is 1. The van der Waals surface area contributed by atoms with E-state index in [-0.39, 0.29) is 6.54 Å². The molecule has 20 heavy (non-hydrogen) atoms. The fraction of sp³-hybridized carbons (Fsp3) is 0.273. The summed E-state index contributed by atoms with van der Waals surface area (Å²) in [4.78, 5) is 48.6. The summed E-state index contributed by atoms with van der Waals surface area (Å²) in [5.74, 6) is -1.55. The summed E-state index contributed by atoms with van der Waals surface area (Å²) in [5, 5.41) is 1.73. The molecule has 2 rings (SSSR count). The summed E-state index contributed by atoms with van der Waals surface area (Å²) in [6.45, 7) is -0.472. The molecule has 106 valence electrons. The first kappa shape index (κ1) is 14.0. The highest BCUT2D eigenvalue weighted by atomic mass is 32.1. The van der Waals surface area contributed by atoms with Crippen LogP contribution in [0.25, 0.3) is 0 Å². The lowest BCUT2D eigenvalue weighted by atomic mass is 10.4. The maximum absolute atomic E-state index is 11.6. The highest BCUT2D eigenvalue weighted by molar-refractivity contribution is 7.12. The molecular formula is C11H12N4O4S. The molecule has 1 aliphatic heterocycles. The summed E-state index contributed by atoms with van der Waals surface area (Å²) < 4.78 is 0. The van der Waals surface area contributed by atoms with Gasteiger partial charge in [-0.1, -0.05) is 6.07 Å². The molecule has 1 aromatic heterocycles. The van der Waals surface area contributed by atoms with E-state index in [9.17, 15) is 19.2 Å². The number of thiophene rings is 1. The van der Waals surface area contributed by atoms with E-state index in [1.165, 1.54) is 23.3 Å². The Morgan fingerprint density at radius 3 is 2.65 bits per heavy atom. The van der Waals surface area contributed by atoms with Crippen LogP contribution in [0, 0.1) is 0 Å². The van der Waals surface area contributed by atoms with E-state index < -0.39 is 30.3 Å². The number of rotatable bonds is 3. The van der Waals surface area contributed by atoms with Gasteiger partial charge in [0.05, 0.1) is 4.88 Å². The van der Waals surface area contributed by atoms with Crippen molar-refractivity contribution in [3.8, 4) is 0 Å². The molecular weight excluding hydrogens is 284 g/mol. The van der Waals surface area contributed by atoms with Gasteiger partial charge < -0.3 is 4.90 Å². The third-order valence-electron chi connectivity index (χ3n) is 2.59. The molecule has 0 saturated carbocycles. The predicted octanol–water partition coefficient (Wildman–Crippen LogP) is -0.597. The number of hydrogen-bond acceptors (Lipinski definition) is 5. The highest BCUT2D eigenvalue weighted by Crippen LogP contribution is 2.08. The molecule has 1 aliphatic rings. The third-order valence-corrected chi connectivity index (χ3v) is 3.46. The van der Waals surface area contributed by atoms with Crippen LogP contribution in [0.1, 0.15) is 9.67 Å². The van der Waals surface area contributed by atoms with Crippen molar-refractivity contribution in [2.75, 3.05) is 20.1 Å². The highest BCUT2D eigenvalue weighted by Gasteiger charge is 2.34. The first-order valence-electron chi connectivity index (χ1n) is 5.67. The number of hydrazine groups is 1. The van der Waals surface area contributed by atoms with Crippen LogP contribution < -0.4 is 10.9 Å². The zero-order chi connectivity index (χ0) is 14.7. The lowest BCUT2D eigenvalue weighted by molar-refractivity contribution is -0.131. The van der Waals surface area contributed by atoms with Crippen molar-refractivity contribution in [3.05, 3.63) is 22.4 Å². The molecule has 0 aliphatic carbocycles. The molecule has 2 heterocycles. The summed E-state index contributed by atoms with van der Waals surface area (Å²) in [6, 6.07) is 2.78. The van der Waals surface area contributed by atoms with Crippen molar-refractivity contribution in [1.29, 1.82) is 0 Å². The maximum atomic E-state index is 11.6. The van der Waals surface area contributed by atoms with Gasteiger partial charge in [-0.15, -0.1) is 11.3 Å². The number of nitrogens with one attached hydrogen (secondary N) is 2. The predicted molar refractivity (Wildman–Crippen MR) is 69.7 cm³/mol. The number of nitrogens with zero attached hydrogens (tertiary/aromatic N) is 2. The van der Waals surface area contributed by atoms with Crippen LogP contribution in [0.15, 0.2) is 17.5 Å². The maximum Gasteiger partial charge on any atom is 0.327 e. The van der Waals surface area contributed by atoms with E-state index in [1.807, 2.05) is 0 Å². The molecule has 0 spiro atoms. The number of carbonyl (C=O) groups excluding carboxylic acids is 4. The zero-order valence-electron chi connectivity index (χ0n) is 10.6. The van der Waals surface area contributed by atoms with Gasteiger partial charge in [-0.3, -0.25) is 30.1 Å². The smallest absolute Gasteiger partial charge is 0.318 e. The molecule has 5 amide bonds. The van der Waals surface area contributed by atoms with E-state index in [4.69, 9.17) is 0 Å². The third kappa shape index (κ3) is 2.94. The summed E-state index contributed by atoms with van der Waals surface area (Å²) in [6.07, 6.45) is 0. The Bertz CT molecular complexity index is 557. The topological polar surface area (TPSA) is 98.8 Å². The first-order chi connectivity index (χ1) is 9.49. The summed E-state index contributed by atoms with van der Waals surface area (Å²) in [7, 11) is 1.47. The first-order valence-corrected chi connectivity index (χ1v) is 6.55. The van der Waals surface area contributed by atoms with Gasteiger partial charge in [-0.05, 0) is 11.4 Å². The minimum Gasteiger partial charge on any atom is -0.318 e. The zero-order valence-corrected chi connectivity index (χ0v) is 11.4. The van der Waals surface area contributed by atoms with Gasteiger partial charge in [0.2, 0.25) is 0 Å². The van der Waals surface area contributed by atoms with Crippen LogP contribution in [-0.4, -0.2) is 53.7 Å². The monoisotopic (exact) mass is 296 g/mol. The van der Waals surface area contributed by atoms with Crippen LogP contribution in [0.3, 0.4) is 0 Å². The van der Waals surface area contributed by atoms with Crippen LogP contribution in [-0.2, 0) is 9.59 Å². The molecule has 9 heteroatoms. The van der Waals surface area contributed by atoms with Gasteiger partial charge in [0, 0.05) is 7.05 Å². The largest absolute Gasteiger partial charge is 0.327 e. The Morgan fingerprint density at radius 1 is 1.35 bits per heavy atom. The Balaban J connectivity index is 1.83. The van der Waals surface area contributed by atoms with Crippen molar-refractivity contribution < 1.29 is 19.2 Å². The van der Waals surface area contributed by atoms with Crippen molar-refractivity contribution in [2.45, 2.75) is 0 Å². The van der Waals surface area contributed by atoms with Crippen molar-refractivity contribution in [1.82, 2.24) is 20.7 Å². The number of urea groups is 1. The van der Waals surface area contributed by atoms with Crippen molar-refractivity contribution in [3.63, 3.8) is 0 Å². The van der Waals surface area contributed by atoms with E-state index in [1.54, 1.807) is 17.5 Å². The van der Waals surface area contributed by atoms with E-state index in [2.05, 4.69) is 10.9 Å². The number of amides is 5. The number of carbonyl (C=O) groups is 4. The lowest BCUT2D eigenvalue weighted by Crippen LogP contribution is -2.47. The molecule has 0 aromatic carbocycles. The molecule has 0 unspecified atom stereocenters. The van der Waals surface area contributed by atoms with Crippen molar-refractivity contribution >= 4 is 35.1 Å². The van der Waals surface area contributed by atoms with Gasteiger partial charge in [0.25, 0.3) is 17.7 Å². The van der Waals surface area contributed by atoms with E-state index in [0.29, 0.717) is 4.88 Å². The Hall–Kier alpha value is -2.42. The Labute approximate surface area is 118 Å². The van der Waals surface area contributed by atoms with Gasteiger partial charge >= 0.3 is 6.03 Å². The average molecular weight is 296 g/mol. The van der Waals surface area contributed by atoms with Gasteiger partial charge in [-0.25, -0.2) is 4.79 Å². The fourth-order valence-corrected chi connectivity index (χ4v) is 2.22. The average Bonchev–Trinajstić information content (AvgIpc) is 3.01. The molecule has 0 atom stereocenters. The fourth-order valence-electron chi connectivity index (χ4n) is 1.60. The molecule has 1 saturated heterocycles. The quantitative estimate of drug-likeness (QED) is 0.575. The second kappa shape index (κ2) is 5.70. The summed E-state index contributed by atoms with van der Waals surface area (Å²) >= 11 is 1.23. The van der Waals surface area contributed by atoms with Crippen LogP contribution >= 0.6 is 11.3 Å². The van der Waals surface area contributed by atoms with Crippen LogP contribution in [0.2, 0.25) is 0 Å². The molecule has 2 N–H and O–H groups in total. The Kier molecular flexibility index (Phi) is 3.99. The van der Waals surface area contributed by atoms with Crippen LogP contribution in [0.5, 0.6) is 0 Å². The van der Waals surface area contributed by atoms with E-state index >= 15 is 0 Å². The lowest BCUT2D eigenvalue weighted by Gasteiger charge is -2.13. The van der Waals surface area contributed by atoms with Gasteiger partial charge in [0.15, 0.2) is 0 Å². The minimum absolute atomic E-state index is 0.0479. The van der Waals surface area contributed by atoms with Crippen molar-refractivity contribution in [2.24, 2.45) is 0 Å². The summed E-state index contributed by atoms with van der Waals surface area (Å²) in [5.41, 5.74) is 4.37. The second-order valence-corrected chi connectivity index (χ2v) is 5.05. The SMILES string of the molecule is CN1CC(=O)N(CC(=O)NNC(=O)c2cccs2)C1=O. The normalized spacial score (nSPS) is 14.7. The molecule has 0 radical (unpaired) electrons. The van der Waals surface area contributed by atoms with Crippen LogP contribution in [0.4, 0.5) is 4.79 Å². The van der Waals surface area contributed by atoms with E-state index in [0.717, 1.165) is 4.90 Å².